The van der Waals surface area contributed by atoms with Crippen LogP contribution >= 0.6 is 11.6 Å². The van der Waals surface area contributed by atoms with Gasteiger partial charge in [0.05, 0.1) is 16.3 Å². The van der Waals surface area contributed by atoms with Crippen molar-refractivity contribution < 1.29 is 13.2 Å². The molecular formula is C14H13ClF3N3. The molecule has 0 saturated heterocycles. The Morgan fingerprint density at radius 3 is 2.76 bits per heavy atom. The zero-order valence-electron chi connectivity index (χ0n) is 11.2. The Balaban J connectivity index is 2.50. The molecule has 0 atom stereocenters. The van der Waals surface area contributed by atoms with Crippen molar-refractivity contribution in [2.24, 2.45) is 0 Å². The average molecular weight is 316 g/mol. The number of halogens is 4. The first kappa shape index (κ1) is 15.4. The van der Waals surface area contributed by atoms with Crippen molar-refractivity contribution in [3.63, 3.8) is 0 Å². The van der Waals surface area contributed by atoms with E-state index in [1.54, 1.807) is 23.8 Å². The minimum Gasteiger partial charge on any atom is -0.352 e. The summed E-state index contributed by atoms with van der Waals surface area (Å²) in [5.74, 6) is 0.447. The highest BCUT2D eigenvalue weighted by atomic mass is 35.5. The smallest absolute Gasteiger partial charge is 0.352 e. The normalized spacial score (nSPS) is 11.5. The molecule has 3 nitrogen and oxygen atoms in total. The fraction of sp³-hybridized carbons (Fsp3) is 0.214. The Morgan fingerprint density at radius 1 is 1.43 bits per heavy atom. The Hall–Kier alpha value is -1.95. The lowest BCUT2D eigenvalue weighted by Gasteiger charge is -2.13. The maximum atomic E-state index is 12.9. The van der Waals surface area contributed by atoms with Crippen LogP contribution in [0.5, 0.6) is 0 Å². The molecule has 2 aromatic rings. The van der Waals surface area contributed by atoms with Gasteiger partial charge in [-0.1, -0.05) is 17.7 Å². The maximum Gasteiger partial charge on any atom is 0.417 e. The van der Waals surface area contributed by atoms with Gasteiger partial charge in [-0.15, -0.1) is 6.58 Å². The SMILES string of the molecule is C=CCNc1nc(C)cn1-c1ccc(Cl)c(C(F)(F)F)c1. The molecule has 7 heteroatoms. The first-order valence-electron chi connectivity index (χ1n) is 6.11. The lowest BCUT2D eigenvalue weighted by Crippen LogP contribution is -2.09. The van der Waals surface area contributed by atoms with Crippen LogP contribution in [0.1, 0.15) is 11.3 Å². The number of hydrogen-bond donors (Lipinski definition) is 1. The number of nitrogens with zero attached hydrogens (tertiary/aromatic N) is 2. The van der Waals surface area contributed by atoms with Gasteiger partial charge in [-0.3, -0.25) is 4.57 Å². The summed E-state index contributed by atoms with van der Waals surface area (Å²) in [6.45, 7) is 5.79. The number of aromatic nitrogens is 2. The second-order valence-corrected chi connectivity index (χ2v) is 4.81. The molecule has 0 saturated carbocycles. The van der Waals surface area contributed by atoms with E-state index in [4.69, 9.17) is 11.6 Å². The molecule has 0 bridgehead atoms. The van der Waals surface area contributed by atoms with Crippen molar-refractivity contribution in [3.05, 3.63) is 53.3 Å². The van der Waals surface area contributed by atoms with Gasteiger partial charge in [-0.25, -0.2) is 4.98 Å². The number of rotatable bonds is 4. The van der Waals surface area contributed by atoms with E-state index in [0.717, 1.165) is 6.07 Å². The van der Waals surface area contributed by atoms with Crippen LogP contribution in [0.4, 0.5) is 19.1 Å². The van der Waals surface area contributed by atoms with Gasteiger partial charge in [-0.2, -0.15) is 13.2 Å². The van der Waals surface area contributed by atoms with E-state index in [9.17, 15) is 13.2 Å². The molecule has 1 aromatic carbocycles. The quantitative estimate of drug-likeness (QED) is 0.845. The molecule has 0 spiro atoms. The molecule has 112 valence electrons. The van der Waals surface area contributed by atoms with Crippen LogP contribution in [0.25, 0.3) is 5.69 Å². The first-order valence-corrected chi connectivity index (χ1v) is 6.48. The molecule has 1 aromatic heterocycles. The lowest BCUT2D eigenvalue weighted by molar-refractivity contribution is -0.137. The number of aryl methyl sites for hydroxylation is 1. The number of alkyl halides is 3. The average Bonchev–Trinajstić information content (AvgIpc) is 2.76. The van der Waals surface area contributed by atoms with E-state index in [2.05, 4.69) is 16.9 Å². The van der Waals surface area contributed by atoms with E-state index < -0.39 is 11.7 Å². The Bertz CT molecular complexity index is 662. The fourth-order valence-electron chi connectivity index (χ4n) is 1.86. The highest BCUT2D eigenvalue weighted by molar-refractivity contribution is 6.31. The Labute approximate surface area is 125 Å². The summed E-state index contributed by atoms with van der Waals surface area (Å²) in [5.41, 5.74) is 0.145. The van der Waals surface area contributed by atoms with E-state index in [1.165, 1.54) is 12.1 Å². The second kappa shape index (κ2) is 5.81. The van der Waals surface area contributed by atoms with Gasteiger partial charge in [0.25, 0.3) is 0 Å². The van der Waals surface area contributed by atoms with Gasteiger partial charge in [0.1, 0.15) is 0 Å². The second-order valence-electron chi connectivity index (χ2n) is 4.41. The highest BCUT2D eigenvalue weighted by Gasteiger charge is 2.33. The van der Waals surface area contributed by atoms with E-state index >= 15 is 0 Å². The van der Waals surface area contributed by atoms with Gasteiger partial charge < -0.3 is 5.32 Å². The zero-order valence-corrected chi connectivity index (χ0v) is 12.0. The molecular weight excluding hydrogens is 303 g/mol. The van der Waals surface area contributed by atoms with Gasteiger partial charge >= 0.3 is 6.18 Å². The van der Waals surface area contributed by atoms with Crippen molar-refractivity contribution in [2.45, 2.75) is 13.1 Å². The van der Waals surface area contributed by atoms with Gasteiger partial charge in [-0.05, 0) is 25.1 Å². The molecule has 0 amide bonds. The predicted octanol–water partition coefficient (Wildman–Crippen LogP) is 4.45. The number of anilines is 1. The molecule has 0 aliphatic heterocycles. The minimum absolute atomic E-state index is 0.330. The monoisotopic (exact) mass is 315 g/mol. The van der Waals surface area contributed by atoms with Crippen LogP contribution in [0.15, 0.2) is 37.1 Å². The van der Waals surface area contributed by atoms with Crippen LogP contribution in [0.3, 0.4) is 0 Å². The number of imidazole rings is 1. The lowest BCUT2D eigenvalue weighted by atomic mass is 10.2. The highest BCUT2D eigenvalue weighted by Crippen LogP contribution is 2.36. The molecule has 0 aliphatic carbocycles. The third-order valence-corrected chi connectivity index (χ3v) is 3.09. The van der Waals surface area contributed by atoms with Crippen molar-refractivity contribution in [2.75, 3.05) is 11.9 Å². The molecule has 2 rings (SSSR count). The maximum absolute atomic E-state index is 12.9. The Kier molecular flexibility index (Phi) is 4.27. The minimum atomic E-state index is -4.50. The third-order valence-electron chi connectivity index (χ3n) is 2.76. The summed E-state index contributed by atoms with van der Waals surface area (Å²) < 4.78 is 40.3. The third kappa shape index (κ3) is 3.39. The van der Waals surface area contributed by atoms with Gasteiger partial charge in [0.2, 0.25) is 5.95 Å². The summed E-state index contributed by atoms with van der Waals surface area (Å²) in [4.78, 5) is 4.23. The van der Waals surface area contributed by atoms with Crippen LogP contribution in [0.2, 0.25) is 5.02 Å². The first-order chi connectivity index (χ1) is 9.82. The fourth-order valence-corrected chi connectivity index (χ4v) is 2.09. The summed E-state index contributed by atoms with van der Waals surface area (Å²) in [5, 5.41) is 2.64. The molecule has 0 unspecified atom stereocenters. The van der Waals surface area contributed by atoms with Crippen molar-refractivity contribution in [3.8, 4) is 5.69 Å². The molecule has 21 heavy (non-hydrogen) atoms. The van der Waals surface area contributed by atoms with E-state index in [-0.39, 0.29) is 5.02 Å². The van der Waals surface area contributed by atoms with E-state index in [1.807, 2.05) is 0 Å². The molecule has 0 fully saturated rings. The van der Waals surface area contributed by atoms with Crippen molar-refractivity contribution in [1.29, 1.82) is 0 Å². The summed E-state index contributed by atoms with van der Waals surface area (Å²) >= 11 is 5.62. The topological polar surface area (TPSA) is 29.9 Å². The molecule has 0 radical (unpaired) electrons. The van der Waals surface area contributed by atoms with Crippen LogP contribution in [0, 0.1) is 6.92 Å². The molecule has 1 heterocycles. The Morgan fingerprint density at radius 2 is 2.14 bits per heavy atom. The predicted molar refractivity (Wildman–Crippen MR) is 77.0 cm³/mol. The van der Waals surface area contributed by atoms with E-state index in [0.29, 0.717) is 23.9 Å². The van der Waals surface area contributed by atoms with Gasteiger partial charge in [0, 0.05) is 18.4 Å². The number of benzene rings is 1. The number of hydrogen-bond acceptors (Lipinski definition) is 2. The largest absolute Gasteiger partial charge is 0.417 e. The molecule has 1 N–H and O–H groups in total. The summed E-state index contributed by atoms with van der Waals surface area (Å²) in [7, 11) is 0. The van der Waals surface area contributed by atoms with Crippen molar-refractivity contribution in [1.82, 2.24) is 9.55 Å². The zero-order chi connectivity index (χ0) is 15.6. The standard InChI is InChI=1S/C14H13ClF3N3/c1-3-6-19-13-20-9(2)8-21(13)10-4-5-12(15)11(7-10)14(16,17)18/h3-5,7-8H,1,6H2,2H3,(H,19,20). The van der Waals surface area contributed by atoms with Gasteiger partial charge in [0.15, 0.2) is 0 Å². The van der Waals surface area contributed by atoms with Crippen LogP contribution in [-0.4, -0.2) is 16.1 Å². The summed E-state index contributed by atoms with van der Waals surface area (Å²) in [6, 6.07) is 3.74. The summed E-state index contributed by atoms with van der Waals surface area (Å²) in [6.07, 6.45) is -1.22. The molecule has 0 aliphatic rings. The van der Waals surface area contributed by atoms with Crippen molar-refractivity contribution >= 4 is 17.5 Å². The van der Waals surface area contributed by atoms with Crippen LogP contribution in [-0.2, 0) is 6.18 Å². The van der Waals surface area contributed by atoms with Crippen LogP contribution < -0.4 is 5.32 Å². The number of nitrogens with one attached hydrogen (secondary N) is 1.